The second kappa shape index (κ2) is 6.04. The predicted octanol–water partition coefficient (Wildman–Crippen LogP) is -0.386. The number of hydrogen-bond donors (Lipinski definition) is 4. The summed E-state index contributed by atoms with van der Waals surface area (Å²) in [7, 11) is 1.68. The Hall–Kier alpha value is -0.300. The number of rotatable bonds is 5. The SMILES string of the molecule is CNC(=O)CCCCC1SCC2NC(O)NC21. The molecule has 0 aliphatic carbocycles. The van der Waals surface area contributed by atoms with Crippen molar-refractivity contribution in [1.82, 2.24) is 16.0 Å². The molecule has 0 spiro atoms. The highest BCUT2D eigenvalue weighted by Gasteiger charge is 2.42. The largest absolute Gasteiger partial charge is 0.365 e. The van der Waals surface area contributed by atoms with Gasteiger partial charge in [-0.1, -0.05) is 6.42 Å². The molecule has 2 fully saturated rings. The van der Waals surface area contributed by atoms with Crippen LogP contribution in [0.25, 0.3) is 0 Å². The molecule has 0 saturated carbocycles. The van der Waals surface area contributed by atoms with E-state index >= 15 is 0 Å². The number of carbonyl (C=O) groups excluding carboxylic acids is 1. The van der Waals surface area contributed by atoms with E-state index in [2.05, 4.69) is 16.0 Å². The molecule has 17 heavy (non-hydrogen) atoms. The maximum Gasteiger partial charge on any atom is 0.219 e. The standard InChI is InChI=1S/C11H21N3O2S/c1-12-9(15)5-3-2-4-8-10-7(6-17-8)13-11(16)14-10/h7-8,10-11,13-14,16H,2-6H2,1H3,(H,12,15). The molecule has 4 atom stereocenters. The van der Waals surface area contributed by atoms with Gasteiger partial charge >= 0.3 is 0 Å². The Morgan fingerprint density at radius 1 is 1.47 bits per heavy atom. The molecular weight excluding hydrogens is 238 g/mol. The minimum Gasteiger partial charge on any atom is -0.365 e. The number of thioether (sulfide) groups is 1. The summed E-state index contributed by atoms with van der Waals surface area (Å²) in [5, 5.41) is 18.9. The Labute approximate surface area is 106 Å². The van der Waals surface area contributed by atoms with E-state index in [0.717, 1.165) is 25.0 Å². The number of aliphatic hydroxyl groups is 1. The lowest BCUT2D eigenvalue weighted by Gasteiger charge is -2.17. The van der Waals surface area contributed by atoms with Gasteiger partial charge < -0.3 is 10.4 Å². The topological polar surface area (TPSA) is 73.4 Å². The fourth-order valence-corrected chi connectivity index (χ4v) is 4.09. The molecule has 2 heterocycles. The number of aliphatic hydroxyl groups excluding tert-OH is 1. The van der Waals surface area contributed by atoms with Gasteiger partial charge in [-0.15, -0.1) is 0 Å². The van der Waals surface area contributed by atoms with E-state index in [1.165, 1.54) is 0 Å². The fraction of sp³-hybridized carbons (Fsp3) is 0.909. The first-order chi connectivity index (χ1) is 8.20. The summed E-state index contributed by atoms with van der Waals surface area (Å²) in [4.78, 5) is 11.1. The van der Waals surface area contributed by atoms with Crippen molar-refractivity contribution in [3.05, 3.63) is 0 Å². The average molecular weight is 259 g/mol. The lowest BCUT2D eigenvalue weighted by atomic mass is 10.0. The summed E-state index contributed by atoms with van der Waals surface area (Å²) in [5.74, 6) is 1.19. The van der Waals surface area contributed by atoms with Gasteiger partial charge in [-0.05, 0) is 12.8 Å². The molecule has 5 nitrogen and oxygen atoms in total. The van der Waals surface area contributed by atoms with E-state index < -0.39 is 6.35 Å². The van der Waals surface area contributed by atoms with Crippen LogP contribution in [-0.4, -0.2) is 47.5 Å². The second-order valence-electron chi connectivity index (χ2n) is 4.66. The van der Waals surface area contributed by atoms with Gasteiger partial charge in [0.1, 0.15) is 0 Å². The molecule has 2 aliphatic rings. The van der Waals surface area contributed by atoms with Crippen LogP contribution in [-0.2, 0) is 4.79 Å². The van der Waals surface area contributed by atoms with Crippen LogP contribution in [0.1, 0.15) is 25.7 Å². The van der Waals surface area contributed by atoms with Gasteiger partial charge in [-0.3, -0.25) is 15.4 Å². The summed E-state index contributed by atoms with van der Waals surface area (Å²) >= 11 is 1.96. The van der Waals surface area contributed by atoms with Crippen molar-refractivity contribution in [2.75, 3.05) is 12.8 Å². The van der Waals surface area contributed by atoms with Gasteiger partial charge in [-0.25, -0.2) is 0 Å². The number of hydrogen-bond acceptors (Lipinski definition) is 5. The van der Waals surface area contributed by atoms with Gasteiger partial charge in [0.2, 0.25) is 5.91 Å². The Morgan fingerprint density at radius 2 is 2.29 bits per heavy atom. The molecule has 0 aromatic rings. The number of nitrogens with one attached hydrogen (secondary N) is 3. The first-order valence-corrected chi connectivity index (χ1v) is 7.28. The van der Waals surface area contributed by atoms with Gasteiger partial charge in [0.15, 0.2) is 6.35 Å². The summed E-state index contributed by atoms with van der Waals surface area (Å²) < 4.78 is 0. The van der Waals surface area contributed by atoms with Gasteiger partial charge in [-0.2, -0.15) is 11.8 Å². The third-order valence-electron chi connectivity index (χ3n) is 3.47. The number of unbranched alkanes of at least 4 members (excludes halogenated alkanes) is 1. The summed E-state index contributed by atoms with van der Waals surface area (Å²) in [5.41, 5.74) is 0. The Morgan fingerprint density at radius 3 is 3.06 bits per heavy atom. The molecule has 0 radical (unpaired) electrons. The van der Waals surface area contributed by atoms with Crippen molar-refractivity contribution >= 4 is 17.7 Å². The molecule has 2 aliphatic heterocycles. The van der Waals surface area contributed by atoms with Gasteiger partial charge in [0, 0.05) is 36.6 Å². The molecule has 4 unspecified atom stereocenters. The summed E-state index contributed by atoms with van der Waals surface area (Å²) in [6, 6.07) is 0.786. The van der Waals surface area contributed by atoms with E-state index in [1.807, 2.05) is 11.8 Å². The van der Waals surface area contributed by atoms with Crippen LogP contribution < -0.4 is 16.0 Å². The minimum absolute atomic E-state index is 0.123. The lowest BCUT2D eigenvalue weighted by Crippen LogP contribution is -2.37. The molecule has 0 aromatic carbocycles. The first-order valence-electron chi connectivity index (χ1n) is 6.23. The zero-order chi connectivity index (χ0) is 12.3. The molecule has 2 rings (SSSR count). The normalized spacial score (nSPS) is 35.9. The minimum atomic E-state index is -0.542. The second-order valence-corrected chi connectivity index (χ2v) is 5.93. The fourth-order valence-electron chi connectivity index (χ4n) is 2.52. The van der Waals surface area contributed by atoms with Crippen LogP contribution in [0.2, 0.25) is 0 Å². The van der Waals surface area contributed by atoms with Crippen LogP contribution in [0.5, 0.6) is 0 Å². The quantitative estimate of drug-likeness (QED) is 0.506. The van der Waals surface area contributed by atoms with Crippen molar-refractivity contribution in [2.24, 2.45) is 0 Å². The highest BCUT2D eigenvalue weighted by Crippen LogP contribution is 2.33. The molecule has 0 bridgehead atoms. The first kappa shape index (κ1) is 13.1. The molecule has 2 saturated heterocycles. The van der Waals surface area contributed by atoms with Gasteiger partial charge in [0.25, 0.3) is 0 Å². The van der Waals surface area contributed by atoms with Crippen LogP contribution in [0.3, 0.4) is 0 Å². The molecule has 98 valence electrons. The molecule has 6 heteroatoms. The highest BCUT2D eigenvalue weighted by molar-refractivity contribution is 8.00. The van der Waals surface area contributed by atoms with Crippen LogP contribution in [0.4, 0.5) is 0 Å². The van der Waals surface area contributed by atoms with E-state index in [9.17, 15) is 9.90 Å². The third kappa shape index (κ3) is 3.34. The van der Waals surface area contributed by atoms with Crippen LogP contribution >= 0.6 is 11.8 Å². The highest BCUT2D eigenvalue weighted by atomic mass is 32.2. The van der Waals surface area contributed by atoms with Crippen LogP contribution in [0.15, 0.2) is 0 Å². The van der Waals surface area contributed by atoms with Crippen molar-refractivity contribution in [3.63, 3.8) is 0 Å². The Bertz CT molecular complexity index is 277. The van der Waals surface area contributed by atoms with Crippen molar-refractivity contribution in [3.8, 4) is 0 Å². The molecular formula is C11H21N3O2S. The number of fused-ring (bicyclic) bond motifs is 1. The Balaban J connectivity index is 1.65. The van der Waals surface area contributed by atoms with E-state index in [1.54, 1.807) is 7.05 Å². The monoisotopic (exact) mass is 259 g/mol. The maximum atomic E-state index is 11.1. The predicted molar refractivity (Wildman–Crippen MR) is 68.6 cm³/mol. The zero-order valence-electron chi connectivity index (χ0n) is 10.1. The maximum absolute atomic E-state index is 11.1. The van der Waals surface area contributed by atoms with E-state index in [0.29, 0.717) is 23.8 Å². The smallest absolute Gasteiger partial charge is 0.219 e. The van der Waals surface area contributed by atoms with Crippen molar-refractivity contribution < 1.29 is 9.90 Å². The summed E-state index contributed by atoms with van der Waals surface area (Å²) in [6.45, 7) is 0. The molecule has 0 aromatic heterocycles. The number of carbonyl (C=O) groups is 1. The number of amides is 1. The van der Waals surface area contributed by atoms with Crippen molar-refractivity contribution in [2.45, 2.75) is 49.4 Å². The van der Waals surface area contributed by atoms with Crippen LogP contribution in [0, 0.1) is 0 Å². The summed E-state index contributed by atoms with van der Waals surface area (Å²) in [6.07, 6.45) is 3.22. The van der Waals surface area contributed by atoms with Crippen molar-refractivity contribution in [1.29, 1.82) is 0 Å². The van der Waals surface area contributed by atoms with Gasteiger partial charge in [0.05, 0.1) is 0 Å². The lowest BCUT2D eigenvalue weighted by molar-refractivity contribution is -0.120. The molecule has 4 N–H and O–H groups in total. The average Bonchev–Trinajstić information content (AvgIpc) is 2.84. The molecule has 1 amide bonds. The van der Waals surface area contributed by atoms with E-state index in [-0.39, 0.29) is 5.91 Å². The Kier molecular flexibility index (Phi) is 4.67. The third-order valence-corrected chi connectivity index (χ3v) is 4.98. The zero-order valence-corrected chi connectivity index (χ0v) is 10.9. The van der Waals surface area contributed by atoms with E-state index in [4.69, 9.17) is 0 Å².